The van der Waals surface area contributed by atoms with Gasteiger partial charge < -0.3 is 5.11 Å². The Bertz CT molecular complexity index is 473. The first kappa shape index (κ1) is 15.3. The number of carboxylic acid groups (broad SMARTS) is 1. The number of hydrogen-bond donors (Lipinski definition) is 1. The standard InChI is InChI=1S/C17H26O3/c1-10(2)8-11(15(19)20)9-12-13-6-7-17(5,14(12)18)16(13,3)4/h9-11,13H,6-8H2,1-5H3,(H,19,20)/b12-9-/t11-,13+,17+/m1/s1. The molecule has 0 spiro atoms. The van der Waals surface area contributed by atoms with Crippen molar-refractivity contribution in [3.63, 3.8) is 0 Å². The molecule has 0 saturated heterocycles. The zero-order valence-electron chi connectivity index (χ0n) is 13.2. The van der Waals surface area contributed by atoms with Crippen LogP contribution in [0.2, 0.25) is 0 Å². The van der Waals surface area contributed by atoms with Crippen LogP contribution < -0.4 is 0 Å². The molecule has 0 heterocycles. The Kier molecular flexibility index (Phi) is 3.60. The summed E-state index contributed by atoms with van der Waals surface area (Å²) < 4.78 is 0. The average Bonchev–Trinajstić information content (AvgIpc) is 2.62. The van der Waals surface area contributed by atoms with Crippen LogP contribution in [0.1, 0.15) is 53.9 Å². The summed E-state index contributed by atoms with van der Waals surface area (Å²) >= 11 is 0. The number of carbonyl (C=O) groups excluding carboxylic acids is 1. The van der Waals surface area contributed by atoms with Gasteiger partial charge in [-0.2, -0.15) is 0 Å². The minimum Gasteiger partial charge on any atom is -0.481 e. The molecule has 20 heavy (non-hydrogen) atoms. The van der Waals surface area contributed by atoms with Gasteiger partial charge in [0.1, 0.15) is 0 Å². The first-order chi connectivity index (χ1) is 9.11. The van der Waals surface area contributed by atoms with E-state index in [0.29, 0.717) is 12.3 Å². The van der Waals surface area contributed by atoms with E-state index in [4.69, 9.17) is 0 Å². The fourth-order valence-electron chi connectivity index (χ4n) is 4.08. The number of allylic oxidation sites excluding steroid dienone is 1. The molecule has 3 atom stereocenters. The van der Waals surface area contributed by atoms with Gasteiger partial charge in [-0.25, -0.2) is 0 Å². The minimum absolute atomic E-state index is 0.0448. The lowest BCUT2D eigenvalue weighted by molar-refractivity contribution is -0.140. The van der Waals surface area contributed by atoms with E-state index >= 15 is 0 Å². The number of Topliss-reactive ketones (excluding diaryl/α,β-unsaturated/α-hetero) is 1. The van der Waals surface area contributed by atoms with Crippen molar-refractivity contribution in [3.05, 3.63) is 11.6 Å². The highest BCUT2D eigenvalue weighted by molar-refractivity contribution is 6.05. The highest BCUT2D eigenvalue weighted by atomic mass is 16.4. The molecule has 0 radical (unpaired) electrons. The third-order valence-corrected chi connectivity index (χ3v) is 5.79. The highest BCUT2D eigenvalue weighted by Crippen LogP contribution is 2.65. The Morgan fingerprint density at radius 3 is 2.40 bits per heavy atom. The van der Waals surface area contributed by atoms with Gasteiger partial charge in [0, 0.05) is 5.41 Å². The van der Waals surface area contributed by atoms with Gasteiger partial charge in [0.05, 0.1) is 5.92 Å². The summed E-state index contributed by atoms with van der Waals surface area (Å²) in [6.07, 6.45) is 4.30. The summed E-state index contributed by atoms with van der Waals surface area (Å²) in [6, 6.07) is 0. The number of aliphatic carboxylic acids is 1. The van der Waals surface area contributed by atoms with Crippen molar-refractivity contribution < 1.29 is 14.7 Å². The molecule has 3 nitrogen and oxygen atoms in total. The van der Waals surface area contributed by atoms with E-state index in [-0.39, 0.29) is 22.5 Å². The van der Waals surface area contributed by atoms with Gasteiger partial charge in [0.2, 0.25) is 0 Å². The van der Waals surface area contributed by atoms with Gasteiger partial charge in [-0.1, -0.05) is 40.7 Å². The molecule has 0 aromatic carbocycles. The smallest absolute Gasteiger partial charge is 0.310 e. The third-order valence-electron chi connectivity index (χ3n) is 5.79. The first-order valence-corrected chi connectivity index (χ1v) is 7.60. The van der Waals surface area contributed by atoms with Gasteiger partial charge in [0.15, 0.2) is 5.78 Å². The van der Waals surface area contributed by atoms with Gasteiger partial charge in [-0.3, -0.25) is 9.59 Å². The number of ketones is 1. The lowest BCUT2D eigenvalue weighted by Crippen LogP contribution is -2.32. The van der Waals surface area contributed by atoms with Crippen LogP contribution in [0.3, 0.4) is 0 Å². The largest absolute Gasteiger partial charge is 0.481 e. The molecule has 0 unspecified atom stereocenters. The predicted octanol–water partition coefficient (Wildman–Crippen LogP) is 3.68. The van der Waals surface area contributed by atoms with Crippen LogP contribution in [0.5, 0.6) is 0 Å². The average molecular weight is 278 g/mol. The maximum atomic E-state index is 12.7. The van der Waals surface area contributed by atoms with Crippen molar-refractivity contribution in [2.75, 3.05) is 0 Å². The molecule has 0 amide bonds. The summed E-state index contributed by atoms with van der Waals surface area (Å²) in [6.45, 7) is 10.4. The SMILES string of the molecule is CC(C)C[C@H](/C=C1\C(=O)[C@]2(C)CC[C@@H]1C2(C)C)C(=O)O. The molecular formula is C17H26O3. The zero-order valence-corrected chi connectivity index (χ0v) is 13.2. The Morgan fingerprint density at radius 1 is 1.40 bits per heavy atom. The van der Waals surface area contributed by atoms with Crippen LogP contribution in [-0.2, 0) is 9.59 Å². The Hall–Kier alpha value is -1.12. The number of carbonyl (C=O) groups is 2. The van der Waals surface area contributed by atoms with Crippen LogP contribution in [0.4, 0.5) is 0 Å². The maximum absolute atomic E-state index is 12.7. The predicted molar refractivity (Wildman–Crippen MR) is 78.3 cm³/mol. The molecule has 112 valence electrons. The van der Waals surface area contributed by atoms with Crippen LogP contribution in [0.15, 0.2) is 11.6 Å². The molecule has 2 aliphatic carbocycles. The van der Waals surface area contributed by atoms with E-state index in [1.807, 2.05) is 20.8 Å². The van der Waals surface area contributed by atoms with Gasteiger partial charge in [0.25, 0.3) is 0 Å². The van der Waals surface area contributed by atoms with E-state index < -0.39 is 11.9 Å². The molecule has 0 aromatic rings. The third kappa shape index (κ3) is 2.02. The van der Waals surface area contributed by atoms with Crippen molar-refractivity contribution >= 4 is 11.8 Å². The number of hydrogen-bond acceptors (Lipinski definition) is 2. The van der Waals surface area contributed by atoms with Crippen molar-refractivity contribution in [2.45, 2.75) is 53.9 Å². The normalized spacial score (nSPS) is 35.0. The fourth-order valence-corrected chi connectivity index (χ4v) is 4.08. The van der Waals surface area contributed by atoms with Crippen molar-refractivity contribution in [3.8, 4) is 0 Å². The number of carboxylic acids is 1. The first-order valence-electron chi connectivity index (χ1n) is 7.60. The molecule has 3 heteroatoms. The van der Waals surface area contributed by atoms with E-state index in [9.17, 15) is 14.7 Å². The second-order valence-corrected chi connectivity index (χ2v) is 7.67. The Balaban J connectivity index is 2.36. The lowest BCUT2D eigenvalue weighted by Gasteiger charge is -2.31. The maximum Gasteiger partial charge on any atom is 0.310 e. The Labute approximate surface area is 121 Å². The number of fused-ring (bicyclic) bond motifs is 2. The van der Waals surface area contributed by atoms with Crippen LogP contribution >= 0.6 is 0 Å². The topological polar surface area (TPSA) is 54.4 Å². The van der Waals surface area contributed by atoms with Crippen LogP contribution in [-0.4, -0.2) is 16.9 Å². The van der Waals surface area contributed by atoms with E-state index in [1.165, 1.54) is 0 Å². The summed E-state index contributed by atoms with van der Waals surface area (Å²) in [5, 5.41) is 9.38. The molecule has 2 rings (SSSR count). The second-order valence-electron chi connectivity index (χ2n) is 7.67. The van der Waals surface area contributed by atoms with E-state index in [0.717, 1.165) is 18.4 Å². The molecule has 0 aromatic heterocycles. The van der Waals surface area contributed by atoms with Gasteiger partial charge in [-0.15, -0.1) is 0 Å². The Morgan fingerprint density at radius 2 is 2.00 bits per heavy atom. The summed E-state index contributed by atoms with van der Waals surface area (Å²) in [5.74, 6) is -0.620. The lowest BCUT2D eigenvalue weighted by atomic mass is 9.70. The van der Waals surface area contributed by atoms with Crippen LogP contribution in [0.25, 0.3) is 0 Å². The molecule has 2 aliphatic rings. The summed E-state index contributed by atoms with van der Waals surface area (Å²) in [5.41, 5.74) is 0.443. The minimum atomic E-state index is -0.815. The van der Waals surface area contributed by atoms with Crippen molar-refractivity contribution in [1.29, 1.82) is 0 Å². The molecular weight excluding hydrogens is 252 g/mol. The molecule has 1 N–H and O–H groups in total. The van der Waals surface area contributed by atoms with Crippen LogP contribution in [0, 0.1) is 28.6 Å². The summed E-state index contributed by atoms with van der Waals surface area (Å²) in [7, 11) is 0. The van der Waals surface area contributed by atoms with E-state index in [1.54, 1.807) is 6.08 Å². The van der Waals surface area contributed by atoms with Crippen molar-refractivity contribution in [1.82, 2.24) is 0 Å². The molecule has 2 saturated carbocycles. The quantitative estimate of drug-likeness (QED) is 0.798. The second kappa shape index (κ2) is 4.71. The summed E-state index contributed by atoms with van der Waals surface area (Å²) in [4.78, 5) is 24.1. The van der Waals surface area contributed by atoms with Gasteiger partial charge in [-0.05, 0) is 42.1 Å². The zero-order chi connectivity index (χ0) is 15.3. The molecule has 2 fully saturated rings. The molecule has 2 bridgehead atoms. The number of rotatable bonds is 4. The van der Waals surface area contributed by atoms with E-state index in [2.05, 4.69) is 13.8 Å². The monoisotopic (exact) mass is 278 g/mol. The highest BCUT2D eigenvalue weighted by Gasteiger charge is 2.63. The fraction of sp³-hybridized carbons (Fsp3) is 0.765. The molecule has 0 aliphatic heterocycles. The van der Waals surface area contributed by atoms with Gasteiger partial charge >= 0.3 is 5.97 Å². The van der Waals surface area contributed by atoms with Crippen molar-refractivity contribution in [2.24, 2.45) is 28.6 Å².